The molecule has 3 amide bonds. The van der Waals surface area contributed by atoms with Gasteiger partial charge in [0.1, 0.15) is 11.7 Å². The zero-order chi connectivity index (χ0) is 33.3. The highest BCUT2D eigenvalue weighted by Crippen LogP contribution is 2.48. The molecule has 1 aromatic carbocycles. The van der Waals surface area contributed by atoms with E-state index in [1.807, 2.05) is 43.3 Å². The molecule has 3 unspecified atom stereocenters. The summed E-state index contributed by atoms with van der Waals surface area (Å²) in [5, 5.41) is 2.82. The van der Waals surface area contributed by atoms with Crippen molar-refractivity contribution in [1.82, 2.24) is 20.1 Å². The molecule has 252 valence electrons. The summed E-state index contributed by atoms with van der Waals surface area (Å²) in [5.41, 5.74) is 2.35. The third-order valence-corrected chi connectivity index (χ3v) is 10.2. The lowest BCUT2D eigenvalue weighted by Gasteiger charge is -2.41. The van der Waals surface area contributed by atoms with Crippen molar-refractivity contribution >= 4 is 31.2 Å². The van der Waals surface area contributed by atoms with Crippen LogP contribution in [-0.4, -0.2) is 117 Å². The number of piperazine rings is 1. The minimum Gasteiger partial charge on any atom is -0.450 e. The Labute approximate surface area is 271 Å². The van der Waals surface area contributed by atoms with Gasteiger partial charge >= 0.3 is 13.7 Å². The number of benzene rings is 1. The Balaban J connectivity index is 1.65. The van der Waals surface area contributed by atoms with Gasteiger partial charge in [-0.25, -0.2) is 9.78 Å². The van der Waals surface area contributed by atoms with E-state index in [1.54, 1.807) is 43.7 Å². The SMILES string of the molecule is CCOC(=O)N1CCN(C(=O)C(CP(=O)(OCC)OCC)NC(=O)c2cc(N3CCC(OC)C3)cc(-c3ccccc3)n2)C(C)C1. The molecule has 2 aliphatic heterocycles. The fourth-order valence-electron chi connectivity index (χ4n) is 5.77. The summed E-state index contributed by atoms with van der Waals surface area (Å²) in [5.74, 6) is -1.05. The van der Waals surface area contributed by atoms with Crippen molar-refractivity contribution in [2.75, 3.05) is 70.7 Å². The molecule has 14 heteroatoms. The van der Waals surface area contributed by atoms with Gasteiger partial charge in [-0.2, -0.15) is 0 Å². The van der Waals surface area contributed by atoms with E-state index in [-0.39, 0.29) is 57.4 Å². The van der Waals surface area contributed by atoms with Gasteiger partial charge in [-0.05, 0) is 46.2 Å². The molecular formula is C32H46N5O8P. The number of rotatable bonds is 13. The third kappa shape index (κ3) is 8.85. The van der Waals surface area contributed by atoms with E-state index in [2.05, 4.69) is 15.2 Å². The zero-order valence-electron chi connectivity index (χ0n) is 27.3. The number of nitrogens with one attached hydrogen (secondary N) is 1. The molecule has 0 spiro atoms. The van der Waals surface area contributed by atoms with Crippen LogP contribution in [0.15, 0.2) is 42.5 Å². The van der Waals surface area contributed by atoms with E-state index in [4.69, 9.17) is 18.5 Å². The van der Waals surface area contributed by atoms with Crippen LogP contribution in [0.25, 0.3) is 11.3 Å². The van der Waals surface area contributed by atoms with E-state index in [0.717, 1.165) is 24.2 Å². The Morgan fingerprint density at radius 1 is 1.00 bits per heavy atom. The Hall–Kier alpha value is -3.51. The lowest BCUT2D eigenvalue weighted by atomic mass is 10.1. The van der Waals surface area contributed by atoms with Gasteiger partial charge in [0.05, 0.1) is 37.8 Å². The van der Waals surface area contributed by atoms with Gasteiger partial charge in [-0.15, -0.1) is 0 Å². The van der Waals surface area contributed by atoms with Crippen molar-refractivity contribution in [2.24, 2.45) is 0 Å². The van der Waals surface area contributed by atoms with Gasteiger partial charge in [-0.1, -0.05) is 30.3 Å². The number of carbonyl (C=O) groups is 3. The van der Waals surface area contributed by atoms with Crippen molar-refractivity contribution in [2.45, 2.75) is 52.3 Å². The number of aromatic nitrogens is 1. The summed E-state index contributed by atoms with van der Waals surface area (Å²) in [7, 11) is -2.08. The number of carbonyl (C=O) groups excluding carboxylic acids is 3. The van der Waals surface area contributed by atoms with Crippen molar-refractivity contribution in [1.29, 1.82) is 0 Å². The van der Waals surface area contributed by atoms with Gasteiger partial charge in [0.25, 0.3) is 5.91 Å². The molecule has 46 heavy (non-hydrogen) atoms. The molecule has 0 aliphatic carbocycles. The maximum Gasteiger partial charge on any atom is 0.409 e. The van der Waals surface area contributed by atoms with E-state index >= 15 is 0 Å². The number of amides is 3. The molecule has 2 fully saturated rings. The maximum absolute atomic E-state index is 14.1. The third-order valence-electron chi connectivity index (χ3n) is 8.05. The highest BCUT2D eigenvalue weighted by Gasteiger charge is 2.39. The molecule has 3 heterocycles. The van der Waals surface area contributed by atoms with Crippen molar-refractivity contribution in [3.63, 3.8) is 0 Å². The predicted octanol–water partition coefficient (Wildman–Crippen LogP) is 4.03. The van der Waals surface area contributed by atoms with Crippen LogP contribution in [0.5, 0.6) is 0 Å². The summed E-state index contributed by atoms with van der Waals surface area (Å²) in [6.45, 7) is 9.50. The van der Waals surface area contributed by atoms with Crippen LogP contribution in [0.3, 0.4) is 0 Å². The summed E-state index contributed by atoms with van der Waals surface area (Å²) in [6.07, 6.45) is 0.115. The van der Waals surface area contributed by atoms with Gasteiger partial charge in [0.15, 0.2) is 0 Å². The molecule has 0 radical (unpaired) electrons. The Morgan fingerprint density at radius 2 is 1.72 bits per heavy atom. The molecule has 1 aromatic heterocycles. The van der Waals surface area contributed by atoms with E-state index < -0.39 is 37.6 Å². The number of hydrogen-bond donors (Lipinski definition) is 1. The zero-order valence-corrected chi connectivity index (χ0v) is 28.2. The van der Waals surface area contributed by atoms with Crippen LogP contribution in [0.2, 0.25) is 0 Å². The second-order valence-electron chi connectivity index (χ2n) is 11.2. The summed E-state index contributed by atoms with van der Waals surface area (Å²) in [4.78, 5) is 50.4. The van der Waals surface area contributed by atoms with Crippen LogP contribution in [0.1, 0.15) is 44.6 Å². The highest BCUT2D eigenvalue weighted by atomic mass is 31.2. The Kier molecular flexibility index (Phi) is 12.6. The molecule has 13 nitrogen and oxygen atoms in total. The summed E-state index contributed by atoms with van der Waals surface area (Å²) >= 11 is 0. The van der Waals surface area contributed by atoms with Crippen molar-refractivity contribution < 1.29 is 37.5 Å². The standard InChI is InChI=1S/C32H46N5O8P/c1-6-43-32(40)36-16-17-37(23(4)20-36)31(39)29(22-46(41,44-7-2)45-8-3)34-30(38)28-19-25(35-15-14-26(21-35)42-5)18-27(33-28)24-12-10-9-11-13-24/h9-13,18-19,23,26,29H,6-8,14-17,20-22H2,1-5H3,(H,34,38). The fourth-order valence-corrected chi connectivity index (χ4v) is 7.54. The van der Waals surface area contributed by atoms with Gasteiger partial charge < -0.3 is 38.5 Å². The fraction of sp³-hybridized carbons (Fsp3) is 0.562. The number of anilines is 1. The predicted molar refractivity (Wildman–Crippen MR) is 174 cm³/mol. The topological polar surface area (TPSA) is 140 Å². The molecule has 4 rings (SSSR count). The largest absolute Gasteiger partial charge is 0.450 e. The first kappa shape index (κ1) is 35.3. The molecule has 3 atom stereocenters. The molecule has 2 aliphatic rings. The quantitative estimate of drug-likeness (QED) is 0.314. The second kappa shape index (κ2) is 16.4. The number of pyridine rings is 1. The normalized spacial score (nSPS) is 19.2. The average Bonchev–Trinajstić information content (AvgIpc) is 3.54. The van der Waals surface area contributed by atoms with Crippen LogP contribution >= 0.6 is 7.60 Å². The molecular weight excluding hydrogens is 613 g/mol. The monoisotopic (exact) mass is 659 g/mol. The van der Waals surface area contributed by atoms with Gasteiger partial charge in [0.2, 0.25) is 5.91 Å². The smallest absolute Gasteiger partial charge is 0.409 e. The van der Waals surface area contributed by atoms with Crippen molar-refractivity contribution in [3.8, 4) is 11.3 Å². The summed E-state index contributed by atoms with van der Waals surface area (Å²) in [6, 6.07) is 11.5. The number of nitrogens with zero attached hydrogens (tertiary/aromatic N) is 4. The van der Waals surface area contributed by atoms with E-state index in [1.165, 1.54) is 0 Å². The Morgan fingerprint density at radius 3 is 2.33 bits per heavy atom. The molecule has 2 aromatic rings. The lowest BCUT2D eigenvalue weighted by molar-refractivity contribution is -0.137. The molecule has 2 saturated heterocycles. The number of methoxy groups -OCH3 is 1. The lowest BCUT2D eigenvalue weighted by Crippen LogP contribution is -2.60. The Bertz CT molecular complexity index is 1390. The number of hydrogen-bond acceptors (Lipinski definition) is 10. The minimum absolute atomic E-state index is 0.0742. The van der Waals surface area contributed by atoms with Gasteiger partial charge in [-0.3, -0.25) is 14.2 Å². The molecule has 1 N–H and O–H groups in total. The van der Waals surface area contributed by atoms with E-state index in [9.17, 15) is 18.9 Å². The highest BCUT2D eigenvalue weighted by molar-refractivity contribution is 7.54. The van der Waals surface area contributed by atoms with Crippen LogP contribution in [0.4, 0.5) is 10.5 Å². The van der Waals surface area contributed by atoms with Gasteiger partial charge in [0, 0.05) is 57.1 Å². The second-order valence-corrected chi connectivity index (χ2v) is 13.3. The van der Waals surface area contributed by atoms with Crippen LogP contribution in [-0.2, 0) is 27.9 Å². The first-order valence-electron chi connectivity index (χ1n) is 15.9. The van der Waals surface area contributed by atoms with Crippen LogP contribution < -0.4 is 10.2 Å². The molecule has 0 saturated carbocycles. The maximum atomic E-state index is 14.1. The first-order chi connectivity index (χ1) is 22.1. The average molecular weight is 660 g/mol. The van der Waals surface area contributed by atoms with Crippen molar-refractivity contribution in [3.05, 3.63) is 48.2 Å². The van der Waals surface area contributed by atoms with Crippen LogP contribution in [0, 0.1) is 0 Å². The number of ether oxygens (including phenoxy) is 2. The first-order valence-corrected chi connectivity index (χ1v) is 17.6. The minimum atomic E-state index is -3.77. The van der Waals surface area contributed by atoms with E-state index in [0.29, 0.717) is 12.2 Å². The summed E-state index contributed by atoms with van der Waals surface area (Å²) < 4.78 is 35.4. The molecule has 0 bridgehead atoms.